The van der Waals surface area contributed by atoms with Crippen molar-refractivity contribution < 1.29 is 23.6 Å². The molecule has 2 amide bonds. The summed E-state index contributed by atoms with van der Waals surface area (Å²) in [6, 6.07) is 9.29. The Balaban J connectivity index is 1.57. The summed E-state index contributed by atoms with van der Waals surface area (Å²) >= 11 is 6.47. The Hall–Kier alpha value is -3.47. The second kappa shape index (κ2) is 10.3. The van der Waals surface area contributed by atoms with Gasteiger partial charge in [-0.1, -0.05) is 23.7 Å². The zero-order valence-corrected chi connectivity index (χ0v) is 21.0. The fourth-order valence-corrected chi connectivity index (χ4v) is 4.68. The van der Waals surface area contributed by atoms with Gasteiger partial charge < -0.3 is 10.7 Å². The SMILES string of the molecule is CON(C)C(=O)C(=O)c1cn(N)c2cc(Cl)c(C(=O)N3CCN(Cc4ccc(F)cc4)C[C@H]3C)cc12. The Morgan fingerprint density at radius 1 is 1.17 bits per heavy atom. The van der Waals surface area contributed by atoms with Crippen molar-refractivity contribution in [1.82, 2.24) is 19.5 Å². The minimum absolute atomic E-state index is 0.0456. The number of carbonyl (C=O) groups excluding carboxylic acids is 3. The maximum atomic E-state index is 13.5. The summed E-state index contributed by atoms with van der Waals surface area (Å²) in [5.74, 6) is 3.74. The number of carbonyl (C=O) groups is 3. The van der Waals surface area contributed by atoms with Crippen molar-refractivity contribution >= 4 is 40.1 Å². The van der Waals surface area contributed by atoms with E-state index >= 15 is 0 Å². The molecule has 2 aromatic carbocycles. The van der Waals surface area contributed by atoms with E-state index in [4.69, 9.17) is 22.3 Å². The van der Waals surface area contributed by atoms with Gasteiger partial charge in [0.1, 0.15) is 5.82 Å². The molecule has 1 aromatic heterocycles. The first-order valence-corrected chi connectivity index (χ1v) is 11.7. The normalized spacial score (nSPS) is 16.4. The van der Waals surface area contributed by atoms with Crippen molar-refractivity contribution in [3.63, 3.8) is 0 Å². The van der Waals surface area contributed by atoms with Gasteiger partial charge in [-0.05, 0) is 36.8 Å². The van der Waals surface area contributed by atoms with E-state index in [1.165, 1.54) is 49.3 Å². The van der Waals surface area contributed by atoms with Gasteiger partial charge in [0.2, 0.25) is 0 Å². The molecule has 0 aliphatic carbocycles. The molecule has 3 aromatic rings. The summed E-state index contributed by atoms with van der Waals surface area (Å²) in [5.41, 5.74) is 1.67. The molecular formula is C25H27ClFN5O4. The monoisotopic (exact) mass is 515 g/mol. The van der Waals surface area contributed by atoms with Crippen molar-refractivity contribution in [2.75, 3.05) is 39.6 Å². The van der Waals surface area contributed by atoms with Crippen molar-refractivity contribution in [2.45, 2.75) is 19.5 Å². The Kier molecular flexibility index (Phi) is 7.30. The van der Waals surface area contributed by atoms with Gasteiger partial charge in [-0.15, -0.1) is 0 Å². The number of nitrogen functional groups attached to an aromatic ring is 1. The quantitative estimate of drug-likeness (QED) is 0.234. The Bertz CT molecular complexity index is 1330. The number of nitrogens with two attached hydrogens (primary N) is 1. The van der Waals surface area contributed by atoms with E-state index in [9.17, 15) is 18.8 Å². The van der Waals surface area contributed by atoms with Gasteiger partial charge in [0.15, 0.2) is 0 Å². The topological polar surface area (TPSA) is 101 Å². The predicted molar refractivity (Wildman–Crippen MR) is 133 cm³/mol. The van der Waals surface area contributed by atoms with Crippen LogP contribution in [0.2, 0.25) is 5.02 Å². The minimum atomic E-state index is -0.876. The molecule has 0 saturated carbocycles. The predicted octanol–water partition coefficient (Wildman–Crippen LogP) is 2.70. The van der Waals surface area contributed by atoms with Crippen molar-refractivity contribution in [1.29, 1.82) is 0 Å². The molecule has 36 heavy (non-hydrogen) atoms. The largest absolute Gasteiger partial charge is 0.339 e. The van der Waals surface area contributed by atoms with E-state index in [1.54, 1.807) is 17.0 Å². The lowest BCUT2D eigenvalue weighted by Gasteiger charge is -2.40. The third kappa shape index (κ3) is 4.92. The van der Waals surface area contributed by atoms with E-state index in [2.05, 4.69) is 4.90 Å². The van der Waals surface area contributed by atoms with Crippen molar-refractivity contribution in [2.24, 2.45) is 0 Å². The van der Waals surface area contributed by atoms with Crippen molar-refractivity contribution in [3.05, 3.63) is 70.1 Å². The van der Waals surface area contributed by atoms with Crippen LogP contribution in [0.3, 0.4) is 0 Å². The third-order valence-corrected chi connectivity index (χ3v) is 6.76. The number of likely N-dealkylation sites (N-methyl/N-ethyl adjacent to an activating group) is 1. The van der Waals surface area contributed by atoms with Gasteiger partial charge >= 0.3 is 5.91 Å². The molecule has 1 saturated heterocycles. The summed E-state index contributed by atoms with van der Waals surface area (Å²) in [7, 11) is 2.60. The summed E-state index contributed by atoms with van der Waals surface area (Å²) in [5, 5.41) is 1.35. The molecule has 0 unspecified atom stereocenters. The molecule has 0 radical (unpaired) electrons. The van der Waals surface area contributed by atoms with Crippen LogP contribution in [-0.2, 0) is 16.2 Å². The zero-order chi connectivity index (χ0) is 26.1. The number of aromatic nitrogens is 1. The molecule has 190 valence electrons. The number of amides is 2. The first-order chi connectivity index (χ1) is 17.1. The van der Waals surface area contributed by atoms with Crippen LogP contribution < -0.4 is 5.84 Å². The average Bonchev–Trinajstić information content (AvgIpc) is 3.18. The zero-order valence-electron chi connectivity index (χ0n) is 20.2. The Labute approximate surface area is 212 Å². The molecule has 0 spiro atoms. The van der Waals surface area contributed by atoms with Crippen LogP contribution in [0.15, 0.2) is 42.6 Å². The number of hydroxylamine groups is 2. The highest BCUT2D eigenvalue weighted by atomic mass is 35.5. The van der Waals surface area contributed by atoms with Crippen LogP contribution in [0.4, 0.5) is 4.39 Å². The highest BCUT2D eigenvalue weighted by molar-refractivity contribution is 6.45. The summed E-state index contributed by atoms with van der Waals surface area (Å²) in [6.45, 7) is 4.33. The molecule has 1 atom stereocenters. The highest BCUT2D eigenvalue weighted by Crippen LogP contribution is 2.30. The first-order valence-electron chi connectivity index (χ1n) is 11.3. The first kappa shape index (κ1) is 25.6. The number of ketones is 1. The minimum Gasteiger partial charge on any atom is -0.339 e. The highest BCUT2D eigenvalue weighted by Gasteiger charge is 2.31. The van der Waals surface area contributed by atoms with Gasteiger partial charge in [-0.2, -0.15) is 0 Å². The van der Waals surface area contributed by atoms with E-state index in [1.807, 2.05) is 6.92 Å². The molecule has 0 bridgehead atoms. The van der Waals surface area contributed by atoms with Crippen LogP contribution in [0, 0.1) is 5.82 Å². The standard InChI is InChI=1S/C25H27ClFN5O4/c1-15-12-30(13-16-4-6-17(27)7-5-16)8-9-31(15)24(34)19-10-18-20(23(33)25(35)29(2)36-3)14-32(28)22(18)11-21(19)26/h4-7,10-11,14-15H,8-9,12-13,28H2,1-3H3/t15-/m1/s1. The lowest BCUT2D eigenvalue weighted by Crippen LogP contribution is -2.53. The number of benzene rings is 2. The number of halogens is 2. The maximum Gasteiger partial charge on any atom is 0.318 e. The molecule has 2 heterocycles. The molecule has 2 N–H and O–H groups in total. The van der Waals surface area contributed by atoms with Gasteiger partial charge in [0, 0.05) is 50.9 Å². The maximum absolute atomic E-state index is 13.5. The summed E-state index contributed by atoms with van der Waals surface area (Å²) in [4.78, 5) is 47.4. The van der Waals surface area contributed by atoms with Crippen LogP contribution >= 0.6 is 11.6 Å². The smallest absolute Gasteiger partial charge is 0.318 e. The van der Waals surface area contributed by atoms with Gasteiger partial charge in [-0.3, -0.25) is 28.8 Å². The van der Waals surface area contributed by atoms with Crippen LogP contribution in [0.1, 0.15) is 33.2 Å². The number of fused-ring (bicyclic) bond motifs is 1. The number of nitrogens with zero attached hydrogens (tertiary/aromatic N) is 4. The van der Waals surface area contributed by atoms with Crippen LogP contribution in [0.5, 0.6) is 0 Å². The van der Waals surface area contributed by atoms with E-state index in [0.29, 0.717) is 37.1 Å². The number of hydrogen-bond donors (Lipinski definition) is 1. The molecule has 1 aliphatic heterocycles. The summed E-state index contributed by atoms with van der Waals surface area (Å²) < 4.78 is 14.4. The lowest BCUT2D eigenvalue weighted by atomic mass is 10.0. The third-order valence-electron chi connectivity index (χ3n) is 6.44. The second-order valence-electron chi connectivity index (χ2n) is 8.82. The number of hydrogen-bond acceptors (Lipinski definition) is 6. The fraction of sp³-hybridized carbons (Fsp3) is 0.320. The number of Topliss-reactive ketones (excluding diaryl/α,β-unsaturated/α-hetero) is 1. The van der Waals surface area contributed by atoms with Gasteiger partial charge in [0.05, 0.1) is 28.8 Å². The number of rotatable bonds is 6. The molecule has 4 rings (SSSR count). The van der Waals surface area contributed by atoms with Gasteiger partial charge in [-0.25, -0.2) is 9.45 Å². The van der Waals surface area contributed by atoms with Gasteiger partial charge in [0.25, 0.3) is 11.7 Å². The lowest BCUT2D eigenvalue weighted by molar-refractivity contribution is -0.162. The van der Waals surface area contributed by atoms with Crippen molar-refractivity contribution in [3.8, 4) is 0 Å². The van der Waals surface area contributed by atoms with Crippen LogP contribution in [0.25, 0.3) is 10.9 Å². The molecular weight excluding hydrogens is 489 g/mol. The Morgan fingerprint density at radius 2 is 1.86 bits per heavy atom. The van der Waals surface area contributed by atoms with E-state index in [-0.39, 0.29) is 33.9 Å². The Morgan fingerprint density at radius 3 is 2.50 bits per heavy atom. The summed E-state index contributed by atoms with van der Waals surface area (Å²) in [6.07, 6.45) is 1.33. The molecule has 1 fully saturated rings. The van der Waals surface area contributed by atoms with Crippen LogP contribution in [-0.4, -0.2) is 77.0 Å². The fourth-order valence-electron chi connectivity index (χ4n) is 4.44. The van der Waals surface area contributed by atoms with E-state index in [0.717, 1.165) is 10.6 Å². The average molecular weight is 516 g/mol. The second-order valence-corrected chi connectivity index (χ2v) is 9.23. The molecule has 11 heteroatoms. The van der Waals surface area contributed by atoms with E-state index < -0.39 is 11.7 Å². The molecule has 1 aliphatic rings. The molecule has 9 nitrogen and oxygen atoms in total. The number of piperazine rings is 1.